The smallest absolute Gasteiger partial charge is 0.340 e. The molecule has 154 valence electrons. The van der Waals surface area contributed by atoms with E-state index in [0.717, 1.165) is 40.7 Å². The molecule has 2 aromatic carbocycles. The predicted molar refractivity (Wildman–Crippen MR) is 116 cm³/mol. The summed E-state index contributed by atoms with van der Waals surface area (Å²) in [6, 6.07) is 15.1. The third-order valence-electron chi connectivity index (χ3n) is 5.61. The van der Waals surface area contributed by atoms with E-state index < -0.39 is 12.1 Å². The van der Waals surface area contributed by atoms with E-state index in [2.05, 4.69) is 12.4 Å². The van der Waals surface area contributed by atoms with E-state index in [1.165, 1.54) is 4.90 Å². The van der Waals surface area contributed by atoms with E-state index in [-0.39, 0.29) is 5.91 Å². The molecule has 0 spiro atoms. The van der Waals surface area contributed by atoms with Crippen LogP contribution in [-0.2, 0) is 22.5 Å². The fourth-order valence-electron chi connectivity index (χ4n) is 3.88. The number of benzene rings is 2. The molecule has 1 aliphatic heterocycles. The molecule has 1 aromatic heterocycles. The number of nitrogens with one attached hydrogen (secondary N) is 2. The van der Waals surface area contributed by atoms with E-state index in [0.29, 0.717) is 17.8 Å². The molecule has 0 aliphatic carbocycles. The molecule has 2 heterocycles. The number of quaternary nitrogens is 1. The van der Waals surface area contributed by atoms with Gasteiger partial charge in [0, 0.05) is 23.1 Å². The van der Waals surface area contributed by atoms with Gasteiger partial charge in [0.15, 0.2) is 6.10 Å². The number of fused-ring (bicyclic) bond motifs is 2. The van der Waals surface area contributed by atoms with Crippen LogP contribution in [0.15, 0.2) is 48.5 Å². The molecule has 6 heteroatoms. The van der Waals surface area contributed by atoms with Gasteiger partial charge in [-0.1, -0.05) is 36.4 Å². The van der Waals surface area contributed by atoms with Crippen molar-refractivity contribution in [3.63, 3.8) is 0 Å². The Kier molecular flexibility index (Phi) is 5.50. The van der Waals surface area contributed by atoms with Crippen LogP contribution in [0.4, 0.5) is 5.69 Å². The molecule has 0 saturated carbocycles. The first-order valence-electron chi connectivity index (χ1n) is 10.2. The fourth-order valence-corrected chi connectivity index (χ4v) is 3.88. The summed E-state index contributed by atoms with van der Waals surface area (Å²) >= 11 is 0. The van der Waals surface area contributed by atoms with Crippen LogP contribution >= 0.6 is 0 Å². The van der Waals surface area contributed by atoms with Crippen molar-refractivity contribution in [3.8, 4) is 0 Å². The summed E-state index contributed by atoms with van der Waals surface area (Å²) in [4.78, 5) is 32.0. The molecule has 1 amide bonds. The molecule has 2 atom stereocenters. The lowest BCUT2D eigenvalue weighted by Crippen LogP contribution is -3.08. The molecule has 2 N–H and O–H groups in total. The molecule has 0 radical (unpaired) electrons. The number of para-hydroxylation sites is 2. The third-order valence-corrected chi connectivity index (χ3v) is 5.61. The number of likely N-dealkylation sites (N-methyl/N-ethyl adjacent to an activating group) is 1. The number of ether oxygens (including phenoxy) is 1. The first-order chi connectivity index (χ1) is 14.4. The average molecular weight is 404 g/mol. The summed E-state index contributed by atoms with van der Waals surface area (Å²) in [6.45, 7) is 5.20. The van der Waals surface area contributed by atoms with Gasteiger partial charge < -0.3 is 15.0 Å². The number of aryl methyl sites for hydroxylation is 1. The molecule has 30 heavy (non-hydrogen) atoms. The maximum atomic E-state index is 13.2. The predicted octanol–water partition coefficient (Wildman–Crippen LogP) is 2.30. The summed E-state index contributed by atoms with van der Waals surface area (Å²) in [5.74, 6) is -0.834. The highest BCUT2D eigenvalue weighted by atomic mass is 16.5. The molecule has 0 fully saturated rings. The Hall–Kier alpha value is -3.25. The molecule has 4 rings (SSSR count). The van der Waals surface area contributed by atoms with Gasteiger partial charge in [-0.25, -0.2) is 4.79 Å². The van der Waals surface area contributed by atoms with E-state index in [1.54, 1.807) is 6.92 Å². The maximum absolute atomic E-state index is 13.2. The van der Waals surface area contributed by atoms with Gasteiger partial charge in [0.25, 0.3) is 5.91 Å². The first kappa shape index (κ1) is 20.0. The van der Waals surface area contributed by atoms with E-state index in [9.17, 15) is 9.59 Å². The number of rotatable bonds is 4. The van der Waals surface area contributed by atoms with Gasteiger partial charge in [-0.15, -0.1) is 0 Å². The van der Waals surface area contributed by atoms with Crippen LogP contribution in [-0.4, -0.2) is 36.6 Å². The van der Waals surface area contributed by atoms with Crippen molar-refractivity contribution in [3.05, 3.63) is 70.9 Å². The molecule has 3 aromatic rings. The summed E-state index contributed by atoms with van der Waals surface area (Å²) < 4.78 is 5.63. The number of anilines is 1. The highest BCUT2D eigenvalue weighted by Crippen LogP contribution is 2.26. The van der Waals surface area contributed by atoms with Crippen LogP contribution in [0, 0.1) is 6.92 Å². The molecular formula is C24H26N3O3+. The summed E-state index contributed by atoms with van der Waals surface area (Å²) in [5, 5.41) is 3.61. The minimum absolute atomic E-state index is 0.354. The zero-order chi connectivity index (χ0) is 21.3. The lowest BCUT2D eigenvalue weighted by atomic mass is 9.96. The number of hydrogen-bond acceptors (Lipinski definition) is 4. The normalized spacial score (nSPS) is 16.6. The van der Waals surface area contributed by atoms with E-state index >= 15 is 0 Å². The quantitative estimate of drug-likeness (QED) is 0.655. The SMILES string of the molecule is Cc1ccccc1NC(=O)[C@@H](C)OC(=O)c1c2c(nc3ccccc13)CC[NH+](C)C2. The Bertz CT molecular complexity index is 1130. The average Bonchev–Trinajstić information content (AvgIpc) is 2.73. The van der Waals surface area contributed by atoms with E-state index in [1.807, 2.05) is 55.5 Å². The number of aromatic nitrogens is 1. The standard InChI is InChI=1S/C24H25N3O3/c1-15-8-4-6-10-19(15)26-23(28)16(2)30-24(29)22-17-9-5-7-11-20(17)25-21-12-13-27(3)14-18(21)22/h4-11,16H,12-14H2,1-3H3,(H,26,28)/p+1/t16-/m1/s1. The summed E-state index contributed by atoms with van der Waals surface area (Å²) in [7, 11) is 2.10. The van der Waals surface area contributed by atoms with Crippen molar-refractivity contribution in [2.45, 2.75) is 32.9 Å². The van der Waals surface area contributed by atoms with Crippen molar-refractivity contribution in [1.29, 1.82) is 0 Å². The third kappa shape index (κ3) is 3.91. The molecular weight excluding hydrogens is 378 g/mol. The molecule has 0 saturated heterocycles. The summed E-state index contributed by atoms with van der Waals surface area (Å²) in [6.07, 6.45) is -0.108. The van der Waals surface area contributed by atoms with Gasteiger partial charge in [-0.2, -0.15) is 0 Å². The fraction of sp³-hybridized carbons (Fsp3) is 0.292. The van der Waals surface area contributed by atoms with Gasteiger partial charge in [0.2, 0.25) is 0 Å². The van der Waals surface area contributed by atoms with Gasteiger partial charge in [0.1, 0.15) is 6.54 Å². The molecule has 0 bridgehead atoms. The topological polar surface area (TPSA) is 72.7 Å². The number of esters is 1. The Balaban J connectivity index is 1.62. The second-order valence-corrected chi connectivity index (χ2v) is 7.91. The zero-order valence-electron chi connectivity index (χ0n) is 17.5. The number of carbonyl (C=O) groups excluding carboxylic acids is 2. The highest BCUT2D eigenvalue weighted by molar-refractivity contribution is 6.06. The minimum Gasteiger partial charge on any atom is -0.449 e. The molecule has 6 nitrogen and oxygen atoms in total. The minimum atomic E-state index is -0.923. The second-order valence-electron chi connectivity index (χ2n) is 7.91. The highest BCUT2D eigenvalue weighted by Gasteiger charge is 2.29. The van der Waals surface area contributed by atoms with Crippen LogP contribution in [0.1, 0.15) is 34.1 Å². The van der Waals surface area contributed by atoms with Gasteiger partial charge in [-0.3, -0.25) is 9.78 Å². The van der Waals surface area contributed by atoms with Gasteiger partial charge in [0.05, 0.1) is 30.4 Å². The Labute approximate surface area is 175 Å². The van der Waals surface area contributed by atoms with Crippen molar-refractivity contribution in [1.82, 2.24) is 4.98 Å². The van der Waals surface area contributed by atoms with E-state index in [4.69, 9.17) is 9.72 Å². The first-order valence-corrected chi connectivity index (χ1v) is 10.2. The van der Waals surface area contributed by atoms with Crippen LogP contribution < -0.4 is 10.2 Å². The molecule has 1 aliphatic rings. The van der Waals surface area contributed by atoms with Crippen LogP contribution in [0.3, 0.4) is 0 Å². The summed E-state index contributed by atoms with van der Waals surface area (Å²) in [5.41, 5.74) is 4.84. The lowest BCUT2D eigenvalue weighted by Gasteiger charge is -2.25. The van der Waals surface area contributed by atoms with Crippen LogP contribution in [0.5, 0.6) is 0 Å². The zero-order valence-corrected chi connectivity index (χ0v) is 17.5. The lowest BCUT2D eigenvalue weighted by molar-refractivity contribution is -0.895. The number of pyridine rings is 1. The van der Waals surface area contributed by atoms with Crippen molar-refractivity contribution < 1.29 is 19.2 Å². The van der Waals surface area contributed by atoms with Crippen LogP contribution in [0.25, 0.3) is 10.9 Å². The Morgan fingerprint density at radius 3 is 2.67 bits per heavy atom. The Morgan fingerprint density at radius 2 is 1.87 bits per heavy atom. The Morgan fingerprint density at radius 1 is 1.13 bits per heavy atom. The van der Waals surface area contributed by atoms with Gasteiger partial charge in [-0.05, 0) is 31.5 Å². The largest absolute Gasteiger partial charge is 0.449 e. The maximum Gasteiger partial charge on any atom is 0.340 e. The monoisotopic (exact) mass is 404 g/mol. The van der Waals surface area contributed by atoms with Crippen molar-refractivity contribution in [2.24, 2.45) is 0 Å². The number of hydrogen-bond donors (Lipinski definition) is 2. The van der Waals surface area contributed by atoms with Crippen molar-refractivity contribution >= 4 is 28.5 Å². The van der Waals surface area contributed by atoms with Crippen LogP contribution in [0.2, 0.25) is 0 Å². The number of amides is 1. The van der Waals surface area contributed by atoms with Gasteiger partial charge >= 0.3 is 5.97 Å². The molecule has 1 unspecified atom stereocenters. The number of nitrogens with zero attached hydrogens (tertiary/aromatic N) is 1. The second kappa shape index (κ2) is 8.24. The number of carbonyl (C=O) groups is 2. The van der Waals surface area contributed by atoms with Crippen molar-refractivity contribution in [2.75, 3.05) is 18.9 Å².